The zero-order valence-electron chi connectivity index (χ0n) is 6.52. The van der Waals surface area contributed by atoms with Crippen LogP contribution in [0.1, 0.15) is 0 Å². The van der Waals surface area contributed by atoms with Gasteiger partial charge in [0.05, 0.1) is 0 Å². The molecule has 0 aliphatic rings. The van der Waals surface area contributed by atoms with Crippen LogP contribution in [0.5, 0.6) is 0 Å². The lowest BCUT2D eigenvalue weighted by atomic mass is 11.3. The van der Waals surface area contributed by atoms with Crippen molar-refractivity contribution in [2.75, 3.05) is 27.4 Å². The molecular formula is C5H15NO2Si. The van der Waals surface area contributed by atoms with Crippen molar-refractivity contribution < 1.29 is 8.85 Å². The van der Waals surface area contributed by atoms with E-state index in [4.69, 9.17) is 8.85 Å². The van der Waals surface area contributed by atoms with E-state index in [-0.39, 0.29) is 0 Å². The molecule has 0 aromatic rings. The van der Waals surface area contributed by atoms with Crippen molar-refractivity contribution in [1.82, 2.24) is 5.32 Å². The molecule has 0 aliphatic heterocycles. The third kappa shape index (κ3) is 2.95. The fourth-order valence-electron chi connectivity index (χ4n) is 0.549. The van der Waals surface area contributed by atoms with Crippen molar-refractivity contribution in [2.24, 2.45) is 0 Å². The van der Waals surface area contributed by atoms with Gasteiger partial charge in [-0.25, -0.2) is 0 Å². The predicted molar refractivity (Wildman–Crippen MR) is 39.6 cm³/mol. The van der Waals surface area contributed by atoms with Crippen LogP contribution in [0.3, 0.4) is 0 Å². The highest BCUT2D eigenvalue weighted by atomic mass is 28.4. The van der Waals surface area contributed by atoms with E-state index in [9.17, 15) is 0 Å². The molecule has 0 amide bonds. The molecule has 0 spiro atoms. The lowest BCUT2D eigenvalue weighted by Crippen LogP contribution is -2.46. The minimum absolute atomic E-state index is 0.833. The van der Waals surface area contributed by atoms with E-state index in [1.54, 1.807) is 14.2 Å². The molecule has 3 nitrogen and oxygen atoms in total. The van der Waals surface area contributed by atoms with Crippen LogP contribution < -0.4 is 5.32 Å². The summed E-state index contributed by atoms with van der Waals surface area (Å²) in [6, 6.07) is 0. The topological polar surface area (TPSA) is 30.5 Å². The Kier molecular flexibility index (Phi) is 4.04. The smallest absolute Gasteiger partial charge is 0.348 e. The van der Waals surface area contributed by atoms with E-state index in [1.807, 2.05) is 13.6 Å². The molecule has 0 atom stereocenters. The van der Waals surface area contributed by atoms with Crippen molar-refractivity contribution in [1.29, 1.82) is 0 Å². The predicted octanol–water partition coefficient (Wildman–Crippen LogP) is 0.110. The third-order valence-corrected chi connectivity index (χ3v) is 4.08. The van der Waals surface area contributed by atoms with Crippen molar-refractivity contribution >= 4 is 8.56 Å². The second-order valence-electron chi connectivity index (χ2n) is 2.07. The van der Waals surface area contributed by atoms with Gasteiger partial charge in [-0.3, -0.25) is 0 Å². The van der Waals surface area contributed by atoms with Gasteiger partial charge in [0.2, 0.25) is 0 Å². The van der Waals surface area contributed by atoms with Gasteiger partial charge in [-0.15, -0.1) is 0 Å². The van der Waals surface area contributed by atoms with Crippen molar-refractivity contribution in [2.45, 2.75) is 6.55 Å². The molecule has 0 aromatic heterocycles. The summed E-state index contributed by atoms with van der Waals surface area (Å²) < 4.78 is 10.4. The summed E-state index contributed by atoms with van der Waals surface area (Å²) in [5, 5.41) is 3.02. The Bertz CT molecular complexity index is 75.4. The summed E-state index contributed by atoms with van der Waals surface area (Å²) in [6.45, 7) is 2.02. The molecule has 0 aromatic carbocycles. The second kappa shape index (κ2) is 4.00. The minimum atomic E-state index is -1.81. The number of rotatable bonds is 4. The van der Waals surface area contributed by atoms with Crippen LogP contribution in [0, 0.1) is 0 Å². The molecule has 0 fully saturated rings. The zero-order valence-corrected chi connectivity index (χ0v) is 7.52. The van der Waals surface area contributed by atoms with Crippen LogP contribution in [-0.2, 0) is 8.85 Å². The standard InChI is InChI=1S/C5H15NO2Si/c1-6-5-9(4,7-2)8-3/h6H,5H2,1-4H3. The Morgan fingerprint density at radius 2 is 1.78 bits per heavy atom. The summed E-state index contributed by atoms with van der Waals surface area (Å²) in [5.41, 5.74) is 0. The molecule has 0 rings (SSSR count). The lowest BCUT2D eigenvalue weighted by Gasteiger charge is -2.21. The van der Waals surface area contributed by atoms with Gasteiger partial charge < -0.3 is 14.2 Å². The average Bonchev–Trinajstić information content (AvgIpc) is 1.89. The first-order valence-corrected chi connectivity index (χ1v) is 5.46. The molecule has 0 bridgehead atoms. The van der Waals surface area contributed by atoms with E-state index in [0.29, 0.717) is 0 Å². The molecule has 0 saturated carbocycles. The van der Waals surface area contributed by atoms with Gasteiger partial charge >= 0.3 is 8.56 Å². The number of nitrogens with one attached hydrogen (secondary N) is 1. The highest BCUT2D eigenvalue weighted by Crippen LogP contribution is 2.00. The molecule has 0 unspecified atom stereocenters. The SMILES string of the molecule is CNC[Si](C)(OC)OC. The van der Waals surface area contributed by atoms with E-state index < -0.39 is 8.56 Å². The van der Waals surface area contributed by atoms with E-state index >= 15 is 0 Å². The van der Waals surface area contributed by atoms with Crippen LogP contribution in [-0.4, -0.2) is 36.0 Å². The molecule has 1 N–H and O–H groups in total. The van der Waals surface area contributed by atoms with Gasteiger partial charge in [0.1, 0.15) is 0 Å². The normalized spacial score (nSPS) is 12.0. The minimum Gasteiger partial charge on any atom is -0.397 e. The van der Waals surface area contributed by atoms with Crippen LogP contribution in [0.2, 0.25) is 6.55 Å². The molecule has 0 radical (unpaired) electrons. The highest BCUT2D eigenvalue weighted by molar-refractivity contribution is 6.66. The fourth-order valence-corrected chi connectivity index (χ4v) is 1.65. The van der Waals surface area contributed by atoms with Gasteiger partial charge in [0.15, 0.2) is 0 Å². The quantitative estimate of drug-likeness (QED) is 0.576. The Balaban J connectivity index is 3.62. The third-order valence-electron chi connectivity index (χ3n) is 1.36. The van der Waals surface area contributed by atoms with Gasteiger partial charge in [0, 0.05) is 20.4 Å². The summed E-state index contributed by atoms with van der Waals surface area (Å²) >= 11 is 0. The zero-order chi connectivity index (χ0) is 7.33. The maximum Gasteiger partial charge on any atom is 0.348 e. The first-order chi connectivity index (χ1) is 4.18. The number of hydrogen-bond acceptors (Lipinski definition) is 3. The highest BCUT2D eigenvalue weighted by Gasteiger charge is 2.26. The number of hydrogen-bond donors (Lipinski definition) is 1. The Hall–Kier alpha value is 0.0969. The summed E-state index contributed by atoms with van der Waals surface area (Å²) in [4.78, 5) is 0. The summed E-state index contributed by atoms with van der Waals surface area (Å²) in [6.07, 6.45) is 0.833. The summed E-state index contributed by atoms with van der Waals surface area (Å²) in [7, 11) is 3.46. The molecule has 0 heterocycles. The van der Waals surface area contributed by atoms with Crippen LogP contribution in [0.25, 0.3) is 0 Å². The maximum absolute atomic E-state index is 5.18. The first kappa shape index (κ1) is 9.10. The van der Waals surface area contributed by atoms with Crippen molar-refractivity contribution in [3.63, 3.8) is 0 Å². The Morgan fingerprint density at radius 1 is 1.33 bits per heavy atom. The summed E-state index contributed by atoms with van der Waals surface area (Å²) in [5.74, 6) is 0. The molecule has 4 heteroatoms. The molecule has 56 valence electrons. The Morgan fingerprint density at radius 3 is 1.89 bits per heavy atom. The Labute approximate surface area is 57.6 Å². The van der Waals surface area contributed by atoms with Gasteiger partial charge in [-0.1, -0.05) is 0 Å². The van der Waals surface area contributed by atoms with Crippen LogP contribution >= 0.6 is 0 Å². The van der Waals surface area contributed by atoms with Gasteiger partial charge in [0.25, 0.3) is 0 Å². The van der Waals surface area contributed by atoms with E-state index in [0.717, 1.165) is 6.17 Å². The average molecular weight is 149 g/mol. The van der Waals surface area contributed by atoms with Gasteiger partial charge in [-0.05, 0) is 13.6 Å². The molecule has 0 saturated heterocycles. The fraction of sp³-hybridized carbons (Fsp3) is 1.00. The molecule has 0 aliphatic carbocycles. The largest absolute Gasteiger partial charge is 0.397 e. The second-order valence-corrected chi connectivity index (χ2v) is 5.51. The monoisotopic (exact) mass is 149 g/mol. The molecular weight excluding hydrogens is 134 g/mol. The van der Waals surface area contributed by atoms with Gasteiger partial charge in [-0.2, -0.15) is 0 Å². The van der Waals surface area contributed by atoms with Crippen LogP contribution in [0.4, 0.5) is 0 Å². The van der Waals surface area contributed by atoms with Crippen LogP contribution in [0.15, 0.2) is 0 Å². The lowest BCUT2D eigenvalue weighted by molar-refractivity contribution is 0.248. The van der Waals surface area contributed by atoms with Crippen molar-refractivity contribution in [3.8, 4) is 0 Å². The van der Waals surface area contributed by atoms with E-state index in [1.165, 1.54) is 0 Å². The first-order valence-electron chi connectivity index (χ1n) is 2.93. The molecule has 9 heavy (non-hydrogen) atoms. The van der Waals surface area contributed by atoms with Crippen molar-refractivity contribution in [3.05, 3.63) is 0 Å². The van der Waals surface area contributed by atoms with E-state index in [2.05, 4.69) is 5.32 Å². The maximum atomic E-state index is 5.18.